The molecule has 5 heteroatoms. The van der Waals surface area contributed by atoms with Crippen molar-refractivity contribution in [3.8, 4) is 0 Å². The summed E-state index contributed by atoms with van der Waals surface area (Å²) >= 11 is 5.58. The molecule has 0 heterocycles. The number of rotatable bonds is 5. The van der Waals surface area contributed by atoms with Crippen LogP contribution in [-0.2, 0) is 4.74 Å². The first-order valence-corrected chi connectivity index (χ1v) is 6.54. The second-order valence-corrected chi connectivity index (χ2v) is 4.53. The van der Waals surface area contributed by atoms with E-state index in [0.717, 1.165) is 12.1 Å². The monoisotopic (exact) mass is 300 g/mol. The van der Waals surface area contributed by atoms with Crippen molar-refractivity contribution in [1.29, 1.82) is 0 Å². The largest absolute Gasteiger partial charge is 0.368 e. The summed E-state index contributed by atoms with van der Waals surface area (Å²) in [4.78, 5) is 0. The summed E-state index contributed by atoms with van der Waals surface area (Å²) in [6, 6.07) is 10.8. The molecule has 2 rings (SSSR count). The van der Waals surface area contributed by atoms with E-state index in [2.05, 4.69) is 0 Å². The number of ether oxygens (including phenoxy) is 1. The van der Waals surface area contributed by atoms with Gasteiger partial charge in [0.2, 0.25) is 0 Å². The number of benzene rings is 2. The first kappa shape index (κ1) is 14.9. The fraction of sp³-hybridized carbons (Fsp3) is 0.200. The van der Waals surface area contributed by atoms with Crippen molar-refractivity contribution in [3.05, 3.63) is 71.0 Å². The van der Waals surface area contributed by atoms with Gasteiger partial charge in [-0.15, -0.1) is 11.6 Å². The third-order valence-electron chi connectivity index (χ3n) is 2.77. The molecule has 20 heavy (non-hydrogen) atoms. The lowest BCUT2D eigenvalue weighted by molar-refractivity contribution is 0.0922. The highest BCUT2D eigenvalue weighted by Gasteiger charge is 2.19. The Morgan fingerprint density at radius 1 is 0.950 bits per heavy atom. The van der Waals surface area contributed by atoms with E-state index in [1.54, 1.807) is 24.3 Å². The van der Waals surface area contributed by atoms with Crippen LogP contribution in [0.25, 0.3) is 0 Å². The lowest BCUT2D eigenvalue weighted by Crippen LogP contribution is -2.10. The highest BCUT2D eigenvalue weighted by molar-refractivity contribution is 6.17. The van der Waals surface area contributed by atoms with E-state index in [4.69, 9.17) is 16.3 Å². The highest BCUT2D eigenvalue weighted by atomic mass is 35.5. The fourth-order valence-corrected chi connectivity index (χ4v) is 1.99. The molecule has 0 bridgehead atoms. The standard InChI is InChI=1S/C15H12ClF3O/c16-6-7-20-15(10-4-2-1-3-5-10)11-8-12(17)14(19)13(18)9-11/h1-5,8-9,15H,6-7H2. The maximum absolute atomic E-state index is 13.3. The average Bonchev–Trinajstić information content (AvgIpc) is 2.46. The molecule has 0 saturated carbocycles. The van der Waals surface area contributed by atoms with Gasteiger partial charge in [0, 0.05) is 5.88 Å². The van der Waals surface area contributed by atoms with Crippen LogP contribution >= 0.6 is 11.6 Å². The minimum Gasteiger partial charge on any atom is -0.368 e. The van der Waals surface area contributed by atoms with Gasteiger partial charge >= 0.3 is 0 Å². The second-order valence-electron chi connectivity index (χ2n) is 4.15. The highest BCUT2D eigenvalue weighted by Crippen LogP contribution is 2.28. The molecule has 0 spiro atoms. The molecule has 1 atom stereocenters. The van der Waals surface area contributed by atoms with E-state index >= 15 is 0 Å². The van der Waals surface area contributed by atoms with Gasteiger partial charge in [0.15, 0.2) is 17.5 Å². The fourth-order valence-electron chi connectivity index (χ4n) is 1.90. The molecule has 106 valence electrons. The quantitative estimate of drug-likeness (QED) is 0.585. The first-order chi connectivity index (χ1) is 9.63. The lowest BCUT2D eigenvalue weighted by atomic mass is 10.0. The van der Waals surface area contributed by atoms with Gasteiger partial charge in [0.05, 0.1) is 6.61 Å². The maximum Gasteiger partial charge on any atom is 0.194 e. The van der Waals surface area contributed by atoms with Crippen molar-refractivity contribution in [2.45, 2.75) is 6.10 Å². The molecular formula is C15H12ClF3O. The summed E-state index contributed by atoms with van der Waals surface area (Å²) in [5, 5.41) is 0. The van der Waals surface area contributed by atoms with Crippen molar-refractivity contribution >= 4 is 11.6 Å². The van der Waals surface area contributed by atoms with E-state index in [9.17, 15) is 13.2 Å². The Hall–Kier alpha value is -1.52. The molecule has 2 aromatic carbocycles. The Balaban J connectivity index is 2.41. The molecule has 1 unspecified atom stereocenters. The molecule has 0 amide bonds. The van der Waals surface area contributed by atoms with Gasteiger partial charge in [-0.25, -0.2) is 13.2 Å². The van der Waals surface area contributed by atoms with Crippen LogP contribution in [0, 0.1) is 17.5 Å². The van der Waals surface area contributed by atoms with Crippen LogP contribution in [0.1, 0.15) is 17.2 Å². The van der Waals surface area contributed by atoms with Gasteiger partial charge in [-0.2, -0.15) is 0 Å². The molecular weight excluding hydrogens is 289 g/mol. The maximum atomic E-state index is 13.3. The third-order valence-corrected chi connectivity index (χ3v) is 2.93. The van der Waals surface area contributed by atoms with Gasteiger partial charge in [0.1, 0.15) is 6.10 Å². The van der Waals surface area contributed by atoms with Crippen molar-refractivity contribution in [2.75, 3.05) is 12.5 Å². The number of alkyl halides is 1. The third kappa shape index (κ3) is 3.32. The van der Waals surface area contributed by atoms with Crippen molar-refractivity contribution in [1.82, 2.24) is 0 Å². The van der Waals surface area contributed by atoms with Gasteiger partial charge in [-0.05, 0) is 23.3 Å². The summed E-state index contributed by atoms with van der Waals surface area (Å²) in [6.45, 7) is 0.210. The molecule has 0 fully saturated rings. The molecule has 0 aliphatic rings. The SMILES string of the molecule is Fc1cc(C(OCCCl)c2ccccc2)cc(F)c1F. The summed E-state index contributed by atoms with van der Waals surface area (Å²) < 4.78 is 45.2. The molecule has 1 nitrogen and oxygen atoms in total. The van der Waals surface area contributed by atoms with Gasteiger partial charge in [0.25, 0.3) is 0 Å². The van der Waals surface area contributed by atoms with Crippen molar-refractivity contribution in [2.24, 2.45) is 0 Å². The normalized spacial score (nSPS) is 12.4. The zero-order chi connectivity index (χ0) is 14.5. The first-order valence-electron chi connectivity index (χ1n) is 6.00. The molecule has 2 aromatic rings. The number of hydrogen-bond acceptors (Lipinski definition) is 1. The molecule has 0 aliphatic heterocycles. The average molecular weight is 301 g/mol. The smallest absolute Gasteiger partial charge is 0.194 e. The molecule has 0 saturated heterocycles. The Kier molecular flexibility index (Phi) is 5.04. The Bertz CT molecular complexity index is 552. The Morgan fingerprint density at radius 2 is 1.55 bits per heavy atom. The van der Waals surface area contributed by atoms with E-state index in [0.29, 0.717) is 5.56 Å². The topological polar surface area (TPSA) is 9.23 Å². The lowest BCUT2D eigenvalue weighted by Gasteiger charge is -2.18. The van der Waals surface area contributed by atoms with Crippen LogP contribution in [0.2, 0.25) is 0 Å². The summed E-state index contributed by atoms with van der Waals surface area (Å²) in [5.74, 6) is -3.72. The summed E-state index contributed by atoms with van der Waals surface area (Å²) in [6.07, 6.45) is -0.695. The summed E-state index contributed by atoms with van der Waals surface area (Å²) in [5.41, 5.74) is 0.917. The predicted octanol–water partition coefficient (Wildman–Crippen LogP) is 4.45. The van der Waals surface area contributed by atoms with Crippen LogP contribution < -0.4 is 0 Å². The van der Waals surface area contributed by atoms with E-state index < -0.39 is 23.6 Å². The van der Waals surface area contributed by atoms with Gasteiger partial charge in [-0.3, -0.25) is 0 Å². The van der Waals surface area contributed by atoms with Crippen LogP contribution in [0.15, 0.2) is 42.5 Å². The van der Waals surface area contributed by atoms with E-state index in [1.807, 2.05) is 6.07 Å². The predicted molar refractivity (Wildman–Crippen MR) is 71.3 cm³/mol. The van der Waals surface area contributed by atoms with Crippen LogP contribution in [0.5, 0.6) is 0 Å². The van der Waals surface area contributed by atoms with E-state index in [1.165, 1.54) is 0 Å². The van der Waals surface area contributed by atoms with Gasteiger partial charge in [-0.1, -0.05) is 30.3 Å². The van der Waals surface area contributed by atoms with Crippen LogP contribution in [-0.4, -0.2) is 12.5 Å². The van der Waals surface area contributed by atoms with Crippen LogP contribution in [0.4, 0.5) is 13.2 Å². The zero-order valence-corrected chi connectivity index (χ0v) is 11.2. The Morgan fingerprint density at radius 3 is 2.10 bits per heavy atom. The number of halogens is 4. The molecule has 0 N–H and O–H groups in total. The summed E-state index contributed by atoms with van der Waals surface area (Å²) in [7, 11) is 0. The zero-order valence-electron chi connectivity index (χ0n) is 10.5. The van der Waals surface area contributed by atoms with Crippen LogP contribution in [0.3, 0.4) is 0 Å². The van der Waals surface area contributed by atoms with Crippen molar-refractivity contribution < 1.29 is 17.9 Å². The van der Waals surface area contributed by atoms with Crippen molar-refractivity contribution in [3.63, 3.8) is 0 Å². The molecule has 0 aromatic heterocycles. The molecule has 0 radical (unpaired) electrons. The minimum atomic E-state index is -1.49. The van der Waals surface area contributed by atoms with E-state index in [-0.39, 0.29) is 18.1 Å². The number of hydrogen-bond donors (Lipinski definition) is 0. The second kappa shape index (κ2) is 6.77. The van der Waals surface area contributed by atoms with Gasteiger partial charge < -0.3 is 4.74 Å². The minimum absolute atomic E-state index is 0.206. The molecule has 0 aliphatic carbocycles. The Labute approximate surface area is 119 Å².